The van der Waals surface area contributed by atoms with Crippen LogP contribution in [0, 0.1) is 5.82 Å². The van der Waals surface area contributed by atoms with Gasteiger partial charge in [0.25, 0.3) is 0 Å². The average molecular weight is 276 g/mol. The zero-order valence-corrected chi connectivity index (χ0v) is 11.7. The Morgan fingerprint density at radius 3 is 2.55 bits per heavy atom. The first-order valence-electron chi connectivity index (χ1n) is 7.48. The molecule has 0 bridgehead atoms. The molecule has 0 aromatic heterocycles. The van der Waals surface area contributed by atoms with Crippen molar-refractivity contribution >= 4 is 5.91 Å². The van der Waals surface area contributed by atoms with Crippen LogP contribution in [0.4, 0.5) is 4.39 Å². The highest BCUT2D eigenvalue weighted by Gasteiger charge is 2.45. The lowest BCUT2D eigenvalue weighted by Gasteiger charge is -2.37. The summed E-state index contributed by atoms with van der Waals surface area (Å²) in [5.74, 6) is -0.0519. The van der Waals surface area contributed by atoms with Gasteiger partial charge in [-0.2, -0.15) is 0 Å². The molecule has 1 aromatic rings. The standard InChI is InChI=1S/C16H21FN2O/c17-14-5-3-4-13(12-14)16(6-1-2-7-16)15(20)19-10-8-18-9-11-19/h3-5,12,18H,1-2,6-11H2. The fourth-order valence-corrected chi connectivity index (χ4v) is 3.56. The summed E-state index contributed by atoms with van der Waals surface area (Å²) in [4.78, 5) is 15.0. The van der Waals surface area contributed by atoms with Gasteiger partial charge in [0, 0.05) is 26.2 Å². The van der Waals surface area contributed by atoms with Gasteiger partial charge in [-0.1, -0.05) is 25.0 Å². The summed E-state index contributed by atoms with van der Waals surface area (Å²) < 4.78 is 13.6. The van der Waals surface area contributed by atoms with E-state index in [1.807, 2.05) is 11.0 Å². The van der Waals surface area contributed by atoms with Crippen LogP contribution in [0.5, 0.6) is 0 Å². The number of piperazine rings is 1. The number of carbonyl (C=O) groups is 1. The van der Waals surface area contributed by atoms with Crippen LogP contribution < -0.4 is 5.32 Å². The van der Waals surface area contributed by atoms with E-state index in [4.69, 9.17) is 0 Å². The maximum atomic E-state index is 13.6. The van der Waals surface area contributed by atoms with Crippen molar-refractivity contribution in [1.29, 1.82) is 0 Å². The number of benzene rings is 1. The minimum Gasteiger partial charge on any atom is -0.339 e. The summed E-state index contributed by atoms with van der Waals surface area (Å²) in [6, 6.07) is 6.62. The van der Waals surface area contributed by atoms with Crippen molar-refractivity contribution in [1.82, 2.24) is 10.2 Å². The first-order chi connectivity index (χ1) is 9.72. The molecule has 4 heteroatoms. The predicted molar refractivity (Wildman–Crippen MR) is 76.0 cm³/mol. The molecule has 1 saturated heterocycles. The van der Waals surface area contributed by atoms with Crippen LogP contribution in [-0.4, -0.2) is 37.0 Å². The Bertz CT molecular complexity index is 491. The third kappa shape index (κ3) is 2.33. The highest BCUT2D eigenvalue weighted by molar-refractivity contribution is 5.88. The lowest BCUT2D eigenvalue weighted by Crippen LogP contribution is -2.52. The fraction of sp³-hybridized carbons (Fsp3) is 0.562. The van der Waals surface area contributed by atoms with E-state index in [-0.39, 0.29) is 11.7 Å². The van der Waals surface area contributed by atoms with Gasteiger partial charge in [0.05, 0.1) is 5.41 Å². The molecule has 0 spiro atoms. The molecule has 0 radical (unpaired) electrons. The molecule has 0 atom stereocenters. The van der Waals surface area contributed by atoms with Gasteiger partial charge in [-0.3, -0.25) is 4.79 Å². The molecular formula is C16H21FN2O. The molecule has 1 amide bonds. The van der Waals surface area contributed by atoms with E-state index in [0.717, 1.165) is 57.4 Å². The third-order valence-electron chi connectivity index (χ3n) is 4.65. The zero-order chi connectivity index (χ0) is 14.0. The van der Waals surface area contributed by atoms with E-state index in [9.17, 15) is 9.18 Å². The normalized spacial score (nSPS) is 21.9. The average Bonchev–Trinajstić information content (AvgIpc) is 2.98. The van der Waals surface area contributed by atoms with Crippen molar-refractivity contribution < 1.29 is 9.18 Å². The van der Waals surface area contributed by atoms with Crippen molar-refractivity contribution in [3.05, 3.63) is 35.6 Å². The number of rotatable bonds is 2. The largest absolute Gasteiger partial charge is 0.339 e. The van der Waals surface area contributed by atoms with E-state index in [1.54, 1.807) is 12.1 Å². The fourth-order valence-electron chi connectivity index (χ4n) is 3.56. The molecule has 1 heterocycles. The van der Waals surface area contributed by atoms with E-state index in [0.29, 0.717) is 0 Å². The van der Waals surface area contributed by atoms with Crippen molar-refractivity contribution in [2.45, 2.75) is 31.1 Å². The van der Waals surface area contributed by atoms with E-state index in [1.165, 1.54) is 6.07 Å². The quantitative estimate of drug-likeness (QED) is 0.897. The van der Waals surface area contributed by atoms with Crippen molar-refractivity contribution in [3.63, 3.8) is 0 Å². The van der Waals surface area contributed by atoms with Gasteiger partial charge >= 0.3 is 0 Å². The molecule has 3 rings (SSSR count). The summed E-state index contributed by atoms with van der Waals surface area (Å²) in [6.07, 6.45) is 3.79. The molecule has 108 valence electrons. The Kier molecular flexibility index (Phi) is 3.74. The first-order valence-corrected chi connectivity index (χ1v) is 7.48. The van der Waals surface area contributed by atoms with Crippen LogP contribution >= 0.6 is 0 Å². The third-order valence-corrected chi connectivity index (χ3v) is 4.65. The lowest BCUT2D eigenvalue weighted by molar-refractivity contribution is -0.138. The van der Waals surface area contributed by atoms with E-state index < -0.39 is 5.41 Å². The molecule has 1 N–H and O–H groups in total. The number of halogens is 1. The lowest BCUT2D eigenvalue weighted by atomic mass is 9.77. The van der Waals surface area contributed by atoms with Crippen LogP contribution in [-0.2, 0) is 10.2 Å². The SMILES string of the molecule is O=C(N1CCNCC1)C1(c2cccc(F)c2)CCCC1. The van der Waals surface area contributed by atoms with Crippen LogP contribution in [0.2, 0.25) is 0 Å². The van der Waals surface area contributed by atoms with Crippen molar-refractivity contribution in [2.24, 2.45) is 0 Å². The number of nitrogens with one attached hydrogen (secondary N) is 1. The van der Waals surface area contributed by atoms with E-state index in [2.05, 4.69) is 5.32 Å². The zero-order valence-electron chi connectivity index (χ0n) is 11.7. The predicted octanol–water partition coefficient (Wildman–Crippen LogP) is 2.07. The van der Waals surface area contributed by atoms with Gasteiger partial charge in [0.1, 0.15) is 5.82 Å². The van der Waals surface area contributed by atoms with E-state index >= 15 is 0 Å². The van der Waals surface area contributed by atoms with Crippen LogP contribution in [0.1, 0.15) is 31.2 Å². The van der Waals surface area contributed by atoms with Gasteiger partial charge < -0.3 is 10.2 Å². The first kappa shape index (κ1) is 13.6. The number of nitrogens with zero attached hydrogens (tertiary/aromatic N) is 1. The molecule has 0 unspecified atom stereocenters. The Balaban J connectivity index is 1.93. The van der Waals surface area contributed by atoms with Gasteiger partial charge in [-0.05, 0) is 30.5 Å². The molecular weight excluding hydrogens is 255 g/mol. The Hall–Kier alpha value is -1.42. The smallest absolute Gasteiger partial charge is 0.233 e. The summed E-state index contributed by atoms with van der Waals surface area (Å²) in [5.41, 5.74) is 0.373. The second kappa shape index (κ2) is 5.52. The Labute approximate surface area is 119 Å². The molecule has 1 saturated carbocycles. The Morgan fingerprint density at radius 2 is 1.90 bits per heavy atom. The second-order valence-electron chi connectivity index (χ2n) is 5.84. The number of hydrogen-bond acceptors (Lipinski definition) is 2. The van der Waals surface area contributed by atoms with Crippen LogP contribution in [0.15, 0.2) is 24.3 Å². The van der Waals surface area contributed by atoms with Gasteiger partial charge in [0.2, 0.25) is 5.91 Å². The number of amides is 1. The highest BCUT2D eigenvalue weighted by atomic mass is 19.1. The molecule has 2 fully saturated rings. The molecule has 2 aliphatic rings. The summed E-state index contributed by atoms with van der Waals surface area (Å²) >= 11 is 0. The van der Waals surface area contributed by atoms with Crippen LogP contribution in [0.3, 0.4) is 0 Å². The summed E-state index contributed by atoms with van der Waals surface area (Å²) in [6.45, 7) is 3.22. The molecule has 3 nitrogen and oxygen atoms in total. The summed E-state index contributed by atoms with van der Waals surface area (Å²) in [5, 5.41) is 3.27. The topological polar surface area (TPSA) is 32.3 Å². The van der Waals surface area contributed by atoms with Crippen molar-refractivity contribution in [3.8, 4) is 0 Å². The van der Waals surface area contributed by atoms with Gasteiger partial charge in [-0.25, -0.2) is 4.39 Å². The molecule has 1 aliphatic heterocycles. The highest BCUT2D eigenvalue weighted by Crippen LogP contribution is 2.42. The number of hydrogen-bond donors (Lipinski definition) is 1. The second-order valence-corrected chi connectivity index (χ2v) is 5.84. The minimum absolute atomic E-state index is 0.196. The maximum absolute atomic E-state index is 13.6. The molecule has 1 aromatic carbocycles. The monoisotopic (exact) mass is 276 g/mol. The Morgan fingerprint density at radius 1 is 1.20 bits per heavy atom. The van der Waals surface area contributed by atoms with Gasteiger partial charge in [0.15, 0.2) is 0 Å². The van der Waals surface area contributed by atoms with Crippen LogP contribution in [0.25, 0.3) is 0 Å². The summed E-state index contributed by atoms with van der Waals surface area (Å²) in [7, 11) is 0. The minimum atomic E-state index is -0.487. The molecule has 1 aliphatic carbocycles. The van der Waals surface area contributed by atoms with Gasteiger partial charge in [-0.15, -0.1) is 0 Å². The molecule has 20 heavy (non-hydrogen) atoms. The number of carbonyl (C=O) groups excluding carboxylic acids is 1. The maximum Gasteiger partial charge on any atom is 0.233 e. The van der Waals surface area contributed by atoms with Crippen molar-refractivity contribution in [2.75, 3.05) is 26.2 Å².